The van der Waals surface area contributed by atoms with Crippen LogP contribution < -0.4 is 0 Å². The van der Waals surface area contributed by atoms with E-state index in [9.17, 15) is 8.76 Å². The Labute approximate surface area is 84.6 Å². The molecule has 0 spiro atoms. The van der Waals surface area contributed by atoms with E-state index in [1.807, 2.05) is 13.8 Å². The molecule has 0 aromatic carbocycles. The third-order valence-electron chi connectivity index (χ3n) is 3.46. The molecule has 0 saturated carbocycles. The fraction of sp³-hybridized carbons (Fsp3) is 1.00. The Morgan fingerprint density at radius 1 is 1.36 bits per heavy atom. The van der Waals surface area contributed by atoms with E-state index >= 15 is 0 Å². The Balaban J connectivity index is 2.97. The Bertz CT molecular complexity index is 261. The van der Waals surface area contributed by atoms with E-state index in [0.29, 0.717) is 0 Å². The fourth-order valence-electron chi connectivity index (χ4n) is 2.08. The lowest BCUT2D eigenvalue weighted by Crippen LogP contribution is -2.50. The van der Waals surface area contributed by atoms with Crippen LogP contribution in [0.25, 0.3) is 0 Å². The highest BCUT2D eigenvalue weighted by atomic mass is 31.2. The van der Waals surface area contributed by atoms with Crippen LogP contribution in [-0.2, 0) is 13.6 Å². The highest BCUT2D eigenvalue weighted by Crippen LogP contribution is 2.62. The predicted molar refractivity (Wildman–Crippen MR) is 52.8 cm³/mol. The third-order valence-corrected chi connectivity index (χ3v) is 4.58. The van der Waals surface area contributed by atoms with Crippen molar-refractivity contribution >= 4 is 7.91 Å². The Morgan fingerprint density at radius 2 is 1.86 bits per heavy atom. The molecule has 1 fully saturated rings. The van der Waals surface area contributed by atoms with Crippen LogP contribution in [0.4, 0.5) is 4.20 Å². The van der Waals surface area contributed by atoms with Gasteiger partial charge in [-0.15, -0.1) is 4.20 Å². The normalized spacial score (nSPS) is 35.5. The summed E-state index contributed by atoms with van der Waals surface area (Å²) in [6, 6.07) is 0. The van der Waals surface area contributed by atoms with Crippen molar-refractivity contribution in [3.8, 4) is 0 Å². The van der Waals surface area contributed by atoms with Gasteiger partial charge in [0, 0.05) is 5.41 Å². The van der Waals surface area contributed by atoms with Gasteiger partial charge in [-0.3, -0.25) is 9.05 Å². The number of halogens is 1. The van der Waals surface area contributed by atoms with Crippen LogP contribution in [0.15, 0.2) is 0 Å². The second-order valence-electron chi connectivity index (χ2n) is 4.29. The van der Waals surface area contributed by atoms with Crippen LogP contribution >= 0.6 is 7.91 Å². The second-order valence-corrected chi connectivity index (χ2v) is 5.60. The van der Waals surface area contributed by atoms with Gasteiger partial charge in [0.2, 0.25) is 0 Å². The molecule has 1 unspecified atom stereocenters. The summed E-state index contributed by atoms with van der Waals surface area (Å²) in [5, 5.41) is 0. The molecular formula is C9H18FO3P. The maximum atomic E-state index is 13.1. The summed E-state index contributed by atoms with van der Waals surface area (Å²) in [7, 11) is -4.31. The summed E-state index contributed by atoms with van der Waals surface area (Å²) in [4.78, 5) is 0. The maximum Gasteiger partial charge on any atom is 0.513 e. The third kappa shape index (κ3) is 1.88. The second kappa shape index (κ2) is 3.58. The summed E-state index contributed by atoms with van der Waals surface area (Å²) in [5.74, 6) is 0. The summed E-state index contributed by atoms with van der Waals surface area (Å²) in [6.07, 6.45) is 1.63. The standard InChI is InChI=1S/C9H18FO3P/c1-5-9(6-2)7-12-14(10,11)13-8(9,3)4/h5-7H2,1-4H3. The molecule has 3 nitrogen and oxygen atoms in total. The highest BCUT2D eigenvalue weighted by Gasteiger charge is 2.53. The van der Waals surface area contributed by atoms with E-state index < -0.39 is 13.5 Å². The maximum absolute atomic E-state index is 13.1. The molecule has 84 valence electrons. The van der Waals surface area contributed by atoms with Gasteiger partial charge in [-0.2, -0.15) is 0 Å². The zero-order valence-corrected chi connectivity index (χ0v) is 10.1. The molecule has 1 aliphatic heterocycles. The van der Waals surface area contributed by atoms with Crippen molar-refractivity contribution in [3.63, 3.8) is 0 Å². The smallest absolute Gasteiger partial charge is 0.283 e. The average Bonchev–Trinajstić information content (AvgIpc) is 2.03. The molecule has 1 saturated heterocycles. The molecule has 0 radical (unpaired) electrons. The Hall–Kier alpha value is 0.0800. The molecule has 0 aromatic rings. The van der Waals surface area contributed by atoms with Crippen molar-refractivity contribution in [1.82, 2.24) is 0 Å². The van der Waals surface area contributed by atoms with Crippen LogP contribution in [0.3, 0.4) is 0 Å². The van der Waals surface area contributed by atoms with Gasteiger partial charge in [0.1, 0.15) is 0 Å². The first-order valence-corrected chi connectivity index (χ1v) is 6.37. The van der Waals surface area contributed by atoms with E-state index in [2.05, 4.69) is 4.52 Å². The van der Waals surface area contributed by atoms with Crippen LogP contribution in [0, 0.1) is 5.41 Å². The topological polar surface area (TPSA) is 35.5 Å². The van der Waals surface area contributed by atoms with Crippen molar-refractivity contribution < 1.29 is 17.8 Å². The molecule has 1 heterocycles. The fourth-order valence-corrected chi connectivity index (χ4v) is 3.27. The lowest BCUT2D eigenvalue weighted by molar-refractivity contribution is -0.117. The van der Waals surface area contributed by atoms with E-state index in [-0.39, 0.29) is 12.0 Å². The molecule has 0 amide bonds. The lowest BCUT2D eigenvalue weighted by Gasteiger charge is -2.48. The van der Waals surface area contributed by atoms with Gasteiger partial charge >= 0.3 is 7.91 Å². The summed E-state index contributed by atoms with van der Waals surface area (Å²) in [5.41, 5.74) is -0.980. The molecule has 5 heteroatoms. The summed E-state index contributed by atoms with van der Waals surface area (Å²) in [6.45, 7) is 7.73. The first kappa shape index (κ1) is 12.2. The van der Waals surface area contributed by atoms with Gasteiger partial charge in [-0.1, -0.05) is 13.8 Å². The number of hydrogen-bond acceptors (Lipinski definition) is 3. The Morgan fingerprint density at radius 3 is 2.21 bits per heavy atom. The zero-order chi connectivity index (χ0) is 11.0. The van der Waals surface area contributed by atoms with Crippen molar-refractivity contribution in [1.29, 1.82) is 0 Å². The van der Waals surface area contributed by atoms with Crippen LogP contribution in [-0.4, -0.2) is 12.2 Å². The van der Waals surface area contributed by atoms with Gasteiger partial charge in [0.05, 0.1) is 12.2 Å². The lowest BCUT2D eigenvalue weighted by atomic mass is 9.70. The van der Waals surface area contributed by atoms with E-state index in [1.54, 1.807) is 13.8 Å². The van der Waals surface area contributed by atoms with E-state index in [0.717, 1.165) is 12.8 Å². The van der Waals surface area contributed by atoms with E-state index in [4.69, 9.17) is 4.52 Å². The number of hydrogen-bond donors (Lipinski definition) is 0. The first-order chi connectivity index (χ1) is 6.29. The van der Waals surface area contributed by atoms with Crippen LogP contribution in [0.5, 0.6) is 0 Å². The molecular weight excluding hydrogens is 206 g/mol. The monoisotopic (exact) mass is 224 g/mol. The van der Waals surface area contributed by atoms with Crippen molar-refractivity contribution in [2.75, 3.05) is 6.61 Å². The minimum absolute atomic E-state index is 0.167. The quantitative estimate of drug-likeness (QED) is 0.671. The predicted octanol–water partition coefficient (Wildman–Crippen LogP) is 3.70. The van der Waals surface area contributed by atoms with Crippen LogP contribution in [0.1, 0.15) is 40.5 Å². The Kier molecular flexibility index (Phi) is 3.11. The van der Waals surface area contributed by atoms with Gasteiger partial charge in [-0.25, -0.2) is 4.57 Å². The molecule has 1 atom stereocenters. The molecule has 0 aromatic heterocycles. The average molecular weight is 224 g/mol. The van der Waals surface area contributed by atoms with Gasteiger partial charge in [0.25, 0.3) is 0 Å². The van der Waals surface area contributed by atoms with Crippen molar-refractivity contribution in [3.05, 3.63) is 0 Å². The number of rotatable bonds is 2. The molecule has 0 bridgehead atoms. The molecule has 0 N–H and O–H groups in total. The van der Waals surface area contributed by atoms with Crippen molar-refractivity contribution in [2.45, 2.75) is 46.1 Å². The summed E-state index contributed by atoms with van der Waals surface area (Å²) >= 11 is 0. The zero-order valence-electron chi connectivity index (χ0n) is 9.17. The van der Waals surface area contributed by atoms with E-state index in [1.165, 1.54) is 0 Å². The molecule has 1 aliphatic rings. The van der Waals surface area contributed by atoms with Gasteiger partial charge < -0.3 is 0 Å². The summed E-state index contributed by atoms with van der Waals surface area (Å²) < 4.78 is 33.7. The van der Waals surface area contributed by atoms with Crippen LogP contribution in [0.2, 0.25) is 0 Å². The molecule has 1 rings (SSSR count). The van der Waals surface area contributed by atoms with Gasteiger partial charge in [0.15, 0.2) is 0 Å². The molecule has 14 heavy (non-hydrogen) atoms. The largest absolute Gasteiger partial charge is 0.513 e. The minimum atomic E-state index is -4.31. The molecule has 0 aliphatic carbocycles. The first-order valence-electron chi connectivity index (χ1n) is 4.93. The minimum Gasteiger partial charge on any atom is -0.283 e. The van der Waals surface area contributed by atoms with Crippen molar-refractivity contribution in [2.24, 2.45) is 5.41 Å². The highest BCUT2D eigenvalue weighted by molar-refractivity contribution is 7.48. The van der Waals surface area contributed by atoms with Gasteiger partial charge in [-0.05, 0) is 26.7 Å². The SMILES string of the molecule is CCC1(CC)COP(=O)(F)OC1(C)C.